The molecule has 21 heavy (non-hydrogen) atoms. The predicted octanol–water partition coefficient (Wildman–Crippen LogP) is 2.91. The van der Waals surface area contributed by atoms with E-state index < -0.39 is 9.84 Å². The van der Waals surface area contributed by atoms with Gasteiger partial charge in [0, 0.05) is 11.4 Å². The number of nitrogen functional groups attached to an aromatic ring is 2. The summed E-state index contributed by atoms with van der Waals surface area (Å²) in [6.45, 7) is 7.35. The Morgan fingerprint density at radius 3 is 1.29 bits per heavy atom. The monoisotopic (exact) mass is 300 g/mol. The molecule has 0 saturated carbocycles. The van der Waals surface area contributed by atoms with Crippen LogP contribution >= 0.6 is 0 Å². The lowest BCUT2D eigenvalue weighted by molar-refractivity contribution is 0.615. The average Bonchev–Trinajstić information content (AvgIpc) is 2.47. The zero-order chi connectivity index (χ0) is 15.6. The molecule has 0 atom stereocenters. The van der Waals surface area contributed by atoms with Crippen LogP contribution in [0.3, 0.4) is 0 Å². The number of benzene rings is 2. The van der Waals surface area contributed by atoms with Gasteiger partial charge >= 0.3 is 0 Å². The van der Waals surface area contributed by atoms with Gasteiger partial charge < -0.3 is 11.5 Å². The van der Waals surface area contributed by atoms with E-state index in [1.165, 1.54) is 0 Å². The minimum absolute atomic E-state index is 0.00988. The van der Waals surface area contributed by atoms with Crippen LogP contribution in [-0.4, -0.2) is 8.42 Å². The molecule has 0 saturated heterocycles. The van der Waals surface area contributed by atoms with Crippen molar-refractivity contribution in [3.63, 3.8) is 0 Å². The van der Waals surface area contributed by atoms with Crippen molar-refractivity contribution in [1.29, 1.82) is 0 Å². The molecule has 2 rings (SSSR count). The standard InChI is InChI=1S/C16H16N2O2S/c1-11(13-3-7-15(17)8-4-13)21(19,20)12(2)14-5-9-16(18)10-6-14/h3-10H,1-2,17-18H2. The third-order valence-corrected chi connectivity index (χ3v) is 4.88. The lowest BCUT2D eigenvalue weighted by Gasteiger charge is -2.11. The van der Waals surface area contributed by atoms with Gasteiger partial charge in [-0.05, 0) is 35.4 Å². The van der Waals surface area contributed by atoms with E-state index in [4.69, 9.17) is 11.5 Å². The third kappa shape index (κ3) is 2.98. The SMILES string of the molecule is C=C(c1ccc(N)cc1)S(=O)(=O)C(=C)c1ccc(N)cc1. The Morgan fingerprint density at radius 2 is 1.00 bits per heavy atom. The average molecular weight is 300 g/mol. The first kappa shape index (κ1) is 14.9. The topological polar surface area (TPSA) is 86.2 Å². The fraction of sp³-hybridized carbons (Fsp3) is 0. The van der Waals surface area contributed by atoms with Crippen molar-refractivity contribution in [2.75, 3.05) is 11.5 Å². The molecule has 0 unspecified atom stereocenters. The maximum absolute atomic E-state index is 12.5. The molecule has 0 aliphatic rings. The Balaban J connectivity index is 2.37. The number of nitrogens with two attached hydrogens (primary N) is 2. The van der Waals surface area contributed by atoms with Crippen molar-refractivity contribution in [2.45, 2.75) is 0 Å². The first-order valence-corrected chi connectivity index (χ1v) is 7.65. The van der Waals surface area contributed by atoms with Crippen LogP contribution in [0.2, 0.25) is 0 Å². The molecule has 0 aromatic heterocycles. The summed E-state index contributed by atoms with van der Waals surface area (Å²) in [5.41, 5.74) is 13.3. The highest BCUT2D eigenvalue weighted by Gasteiger charge is 2.22. The van der Waals surface area contributed by atoms with Gasteiger partial charge in [-0.15, -0.1) is 0 Å². The van der Waals surface area contributed by atoms with Crippen molar-refractivity contribution in [3.8, 4) is 0 Å². The number of hydrogen-bond donors (Lipinski definition) is 2. The number of rotatable bonds is 4. The van der Waals surface area contributed by atoms with Crippen LogP contribution in [0.25, 0.3) is 9.81 Å². The van der Waals surface area contributed by atoms with Crippen LogP contribution in [0.15, 0.2) is 61.7 Å². The zero-order valence-corrected chi connectivity index (χ0v) is 12.2. The fourth-order valence-electron chi connectivity index (χ4n) is 1.80. The lowest BCUT2D eigenvalue weighted by atomic mass is 10.2. The quantitative estimate of drug-likeness (QED) is 0.850. The molecule has 108 valence electrons. The van der Waals surface area contributed by atoms with Crippen LogP contribution < -0.4 is 11.5 Å². The Labute approximate surface area is 124 Å². The molecule has 0 radical (unpaired) electrons. The normalized spacial score (nSPS) is 11.0. The highest BCUT2D eigenvalue weighted by atomic mass is 32.2. The Morgan fingerprint density at radius 1 is 0.714 bits per heavy atom. The summed E-state index contributed by atoms with van der Waals surface area (Å²) in [4.78, 5) is -0.0198. The number of sulfone groups is 1. The fourth-order valence-corrected chi connectivity index (χ4v) is 2.99. The van der Waals surface area contributed by atoms with Gasteiger partial charge in [-0.1, -0.05) is 37.4 Å². The molecular formula is C16H16N2O2S. The van der Waals surface area contributed by atoms with Gasteiger partial charge in [0.2, 0.25) is 9.84 Å². The first-order chi connectivity index (χ1) is 9.82. The number of hydrogen-bond acceptors (Lipinski definition) is 4. The van der Waals surface area contributed by atoms with E-state index in [1.54, 1.807) is 48.5 Å². The smallest absolute Gasteiger partial charge is 0.206 e. The summed E-state index contributed by atoms with van der Waals surface area (Å²) in [5.74, 6) is 0. The van der Waals surface area contributed by atoms with Crippen LogP contribution in [0.5, 0.6) is 0 Å². The van der Waals surface area contributed by atoms with Crippen molar-refractivity contribution in [3.05, 3.63) is 72.8 Å². The second kappa shape index (κ2) is 5.46. The van der Waals surface area contributed by atoms with Gasteiger partial charge in [0.15, 0.2) is 0 Å². The van der Waals surface area contributed by atoms with Crippen LogP contribution in [0.1, 0.15) is 11.1 Å². The Bertz CT molecular complexity index is 726. The van der Waals surface area contributed by atoms with Gasteiger partial charge in [0.1, 0.15) is 0 Å². The summed E-state index contributed by atoms with van der Waals surface area (Å²) in [5, 5.41) is 0. The molecule has 0 bridgehead atoms. The van der Waals surface area contributed by atoms with E-state index in [9.17, 15) is 8.42 Å². The molecule has 0 fully saturated rings. The van der Waals surface area contributed by atoms with E-state index in [2.05, 4.69) is 13.2 Å². The molecule has 4 nitrogen and oxygen atoms in total. The third-order valence-electron chi connectivity index (χ3n) is 3.11. The highest BCUT2D eigenvalue weighted by molar-refractivity contribution is 8.09. The van der Waals surface area contributed by atoms with E-state index in [0.29, 0.717) is 22.5 Å². The predicted molar refractivity (Wildman–Crippen MR) is 88.7 cm³/mol. The second-order valence-corrected chi connectivity index (χ2v) is 6.59. The minimum atomic E-state index is -3.74. The summed E-state index contributed by atoms with van der Waals surface area (Å²) in [6, 6.07) is 13.0. The molecule has 0 aliphatic carbocycles. The lowest BCUT2D eigenvalue weighted by Crippen LogP contribution is -2.05. The maximum atomic E-state index is 12.5. The zero-order valence-electron chi connectivity index (χ0n) is 11.4. The summed E-state index contributed by atoms with van der Waals surface area (Å²) >= 11 is 0. The second-order valence-electron chi connectivity index (χ2n) is 4.59. The van der Waals surface area contributed by atoms with Crippen LogP contribution in [0.4, 0.5) is 11.4 Å². The maximum Gasteiger partial charge on any atom is 0.206 e. The summed E-state index contributed by atoms with van der Waals surface area (Å²) < 4.78 is 25.1. The molecule has 0 amide bonds. The number of anilines is 2. The minimum Gasteiger partial charge on any atom is -0.399 e. The van der Waals surface area contributed by atoms with E-state index in [0.717, 1.165) is 0 Å². The summed E-state index contributed by atoms with van der Waals surface area (Å²) in [7, 11) is -3.74. The van der Waals surface area contributed by atoms with Gasteiger partial charge in [-0.25, -0.2) is 8.42 Å². The molecule has 0 heterocycles. The van der Waals surface area contributed by atoms with Crippen molar-refractivity contribution in [1.82, 2.24) is 0 Å². The largest absolute Gasteiger partial charge is 0.399 e. The van der Waals surface area contributed by atoms with E-state index in [1.807, 2.05) is 0 Å². The Kier molecular flexibility index (Phi) is 3.86. The first-order valence-electron chi connectivity index (χ1n) is 6.17. The Hall–Kier alpha value is -2.53. The van der Waals surface area contributed by atoms with Gasteiger partial charge in [-0.3, -0.25) is 0 Å². The molecule has 2 aromatic rings. The van der Waals surface area contributed by atoms with Crippen LogP contribution in [-0.2, 0) is 9.84 Å². The van der Waals surface area contributed by atoms with Crippen molar-refractivity contribution in [2.24, 2.45) is 0 Å². The molecule has 2 aromatic carbocycles. The highest BCUT2D eigenvalue weighted by Crippen LogP contribution is 2.31. The molecule has 0 spiro atoms. The van der Waals surface area contributed by atoms with Crippen molar-refractivity contribution >= 4 is 31.0 Å². The molecule has 4 N–H and O–H groups in total. The van der Waals surface area contributed by atoms with Crippen LogP contribution in [0, 0.1) is 0 Å². The van der Waals surface area contributed by atoms with E-state index >= 15 is 0 Å². The molecule has 5 heteroatoms. The molecular weight excluding hydrogens is 284 g/mol. The van der Waals surface area contributed by atoms with Gasteiger partial charge in [-0.2, -0.15) is 0 Å². The van der Waals surface area contributed by atoms with Gasteiger partial charge in [0.25, 0.3) is 0 Å². The molecule has 0 aliphatic heterocycles. The van der Waals surface area contributed by atoms with E-state index in [-0.39, 0.29) is 9.81 Å². The van der Waals surface area contributed by atoms with Gasteiger partial charge in [0.05, 0.1) is 9.81 Å². The summed E-state index contributed by atoms with van der Waals surface area (Å²) in [6.07, 6.45) is 0. The van der Waals surface area contributed by atoms with Crippen molar-refractivity contribution < 1.29 is 8.42 Å².